The van der Waals surface area contributed by atoms with Crippen molar-refractivity contribution in [2.45, 2.75) is 6.54 Å². The van der Waals surface area contributed by atoms with Crippen LogP contribution in [0.4, 0.5) is 5.69 Å². The Morgan fingerprint density at radius 1 is 1.09 bits per heavy atom. The van der Waals surface area contributed by atoms with E-state index in [1.807, 2.05) is 47.4 Å². The van der Waals surface area contributed by atoms with Crippen LogP contribution < -0.4 is 16.3 Å². The first-order valence-electron chi connectivity index (χ1n) is 6.78. The first-order chi connectivity index (χ1) is 10.6. The highest BCUT2D eigenvalue weighted by Gasteiger charge is 2.11. The van der Waals surface area contributed by atoms with Crippen LogP contribution >= 0.6 is 12.2 Å². The largest absolute Gasteiger partial charge is 0.423 e. The summed E-state index contributed by atoms with van der Waals surface area (Å²) in [5.41, 5.74) is 8.01. The van der Waals surface area contributed by atoms with Gasteiger partial charge in [0.1, 0.15) is 5.58 Å². The summed E-state index contributed by atoms with van der Waals surface area (Å²) in [6.07, 6.45) is 0. The van der Waals surface area contributed by atoms with Crippen LogP contribution in [0.2, 0.25) is 0 Å². The van der Waals surface area contributed by atoms with Crippen molar-refractivity contribution >= 4 is 34.0 Å². The molecule has 3 rings (SSSR count). The number of thiocarbonyl (C=S) groups is 1. The maximum absolute atomic E-state index is 11.2. The van der Waals surface area contributed by atoms with Gasteiger partial charge in [-0.3, -0.25) is 0 Å². The van der Waals surface area contributed by atoms with Crippen LogP contribution in [0.5, 0.6) is 0 Å². The quantitative estimate of drug-likeness (QED) is 0.595. The van der Waals surface area contributed by atoms with Crippen LogP contribution in [-0.2, 0) is 6.54 Å². The fourth-order valence-corrected chi connectivity index (χ4v) is 2.46. The Morgan fingerprint density at radius 2 is 1.86 bits per heavy atom. The van der Waals surface area contributed by atoms with E-state index in [1.165, 1.54) is 6.07 Å². The lowest BCUT2D eigenvalue weighted by Gasteiger charge is -2.23. The molecule has 0 aliphatic rings. The number of rotatable bonds is 3. The van der Waals surface area contributed by atoms with Crippen molar-refractivity contribution in [1.29, 1.82) is 0 Å². The molecule has 0 saturated heterocycles. The molecular weight excluding hydrogens is 296 g/mol. The predicted octanol–water partition coefficient (Wildman–Crippen LogP) is 3.04. The SMILES string of the molecule is NC(=S)N(Cc1ccccc1)c1ccc2oc(=O)ccc2c1. The van der Waals surface area contributed by atoms with Gasteiger partial charge < -0.3 is 15.1 Å². The molecule has 0 bridgehead atoms. The topological polar surface area (TPSA) is 59.5 Å². The Labute approximate surface area is 132 Å². The van der Waals surface area contributed by atoms with Crippen molar-refractivity contribution in [3.05, 3.63) is 76.6 Å². The molecule has 22 heavy (non-hydrogen) atoms. The number of fused-ring (bicyclic) bond motifs is 1. The van der Waals surface area contributed by atoms with Crippen molar-refractivity contribution in [1.82, 2.24) is 0 Å². The summed E-state index contributed by atoms with van der Waals surface area (Å²) in [5.74, 6) is 0. The fourth-order valence-electron chi connectivity index (χ4n) is 2.29. The molecule has 0 amide bonds. The zero-order chi connectivity index (χ0) is 15.5. The lowest BCUT2D eigenvalue weighted by molar-refractivity contribution is 0.561. The second-order valence-electron chi connectivity index (χ2n) is 4.89. The Balaban J connectivity index is 1.99. The van der Waals surface area contributed by atoms with E-state index in [0.29, 0.717) is 17.2 Å². The number of hydrogen-bond acceptors (Lipinski definition) is 3. The summed E-state index contributed by atoms with van der Waals surface area (Å²) in [5, 5.41) is 1.12. The summed E-state index contributed by atoms with van der Waals surface area (Å²) in [6.45, 7) is 0.582. The lowest BCUT2D eigenvalue weighted by Crippen LogP contribution is -2.34. The number of hydrogen-bond donors (Lipinski definition) is 1. The third-order valence-corrected chi connectivity index (χ3v) is 3.58. The van der Waals surface area contributed by atoms with Gasteiger partial charge in [0.2, 0.25) is 0 Å². The summed E-state index contributed by atoms with van der Waals surface area (Å²) in [6, 6.07) is 18.6. The van der Waals surface area contributed by atoms with E-state index in [9.17, 15) is 4.79 Å². The molecule has 5 heteroatoms. The molecule has 2 aromatic carbocycles. The Morgan fingerprint density at radius 3 is 2.59 bits per heavy atom. The molecule has 0 unspecified atom stereocenters. The molecule has 3 aromatic rings. The molecule has 0 fully saturated rings. The van der Waals surface area contributed by atoms with Gasteiger partial charge >= 0.3 is 5.63 Å². The van der Waals surface area contributed by atoms with Gasteiger partial charge in [-0.05, 0) is 42.0 Å². The second-order valence-corrected chi connectivity index (χ2v) is 5.30. The minimum Gasteiger partial charge on any atom is -0.423 e. The number of nitrogens with zero attached hydrogens (tertiary/aromatic N) is 1. The first kappa shape index (κ1) is 14.3. The van der Waals surface area contributed by atoms with Crippen LogP contribution in [-0.4, -0.2) is 5.11 Å². The highest BCUT2D eigenvalue weighted by atomic mass is 32.1. The molecule has 0 aliphatic heterocycles. The van der Waals surface area contributed by atoms with Crippen molar-refractivity contribution in [3.8, 4) is 0 Å². The van der Waals surface area contributed by atoms with E-state index in [1.54, 1.807) is 12.1 Å². The number of benzene rings is 2. The molecular formula is C17H14N2O2S. The van der Waals surface area contributed by atoms with Crippen molar-refractivity contribution < 1.29 is 4.42 Å². The van der Waals surface area contributed by atoms with Gasteiger partial charge in [-0.1, -0.05) is 30.3 Å². The van der Waals surface area contributed by atoms with Gasteiger partial charge in [0.05, 0.1) is 6.54 Å². The normalized spacial score (nSPS) is 10.5. The van der Waals surface area contributed by atoms with Gasteiger partial charge in [-0.15, -0.1) is 0 Å². The van der Waals surface area contributed by atoms with Crippen LogP contribution in [0, 0.1) is 0 Å². The molecule has 0 saturated carbocycles. The maximum Gasteiger partial charge on any atom is 0.336 e. The molecule has 2 N–H and O–H groups in total. The van der Waals surface area contributed by atoms with Gasteiger partial charge in [0.15, 0.2) is 5.11 Å². The highest BCUT2D eigenvalue weighted by molar-refractivity contribution is 7.80. The molecule has 110 valence electrons. The monoisotopic (exact) mass is 310 g/mol. The Hall–Kier alpha value is -2.66. The van der Waals surface area contributed by atoms with E-state index in [4.69, 9.17) is 22.4 Å². The zero-order valence-corrected chi connectivity index (χ0v) is 12.5. The minimum atomic E-state index is -0.365. The molecule has 4 nitrogen and oxygen atoms in total. The van der Waals surface area contributed by atoms with E-state index < -0.39 is 0 Å². The van der Waals surface area contributed by atoms with E-state index in [0.717, 1.165) is 16.6 Å². The van der Waals surface area contributed by atoms with Crippen molar-refractivity contribution in [3.63, 3.8) is 0 Å². The van der Waals surface area contributed by atoms with E-state index >= 15 is 0 Å². The van der Waals surface area contributed by atoms with Gasteiger partial charge in [-0.2, -0.15) is 0 Å². The Kier molecular flexibility index (Phi) is 3.89. The lowest BCUT2D eigenvalue weighted by atomic mass is 10.1. The highest BCUT2D eigenvalue weighted by Crippen LogP contribution is 2.22. The van der Waals surface area contributed by atoms with Crippen LogP contribution in [0.15, 0.2) is 69.9 Å². The average Bonchev–Trinajstić information content (AvgIpc) is 2.53. The predicted molar refractivity (Wildman–Crippen MR) is 91.9 cm³/mol. The maximum atomic E-state index is 11.2. The zero-order valence-electron chi connectivity index (χ0n) is 11.7. The Bertz CT molecular complexity index is 874. The molecule has 0 aliphatic carbocycles. The average molecular weight is 310 g/mol. The second kappa shape index (κ2) is 5.99. The molecule has 0 radical (unpaired) electrons. The van der Waals surface area contributed by atoms with Crippen LogP contribution in [0.3, 0.4) is 0 Å². The van der Waals surface area contributed by atoms with Gasteiger partial charge in [-0.25, -0.2) is 4.79 Å². The molecule has 1 aromatic heterocycles. The molecule has 0 atom stereocenters. The summed E-state index contributed by atoms with van der Waals surface area (Å²) in [7, 11) is 0. The minimum absolute atomic E-state index is 0.292. The smallest absolute Gasteiger partial charge is 0.336 e. The van der Waals surface area contributed by atoms with Crippen molar-refractivity contribution in [2.24, 2.45) is 5.73 Å². The summed E-state index contributed by atoms with van der Waals surface area (Å²) < 4.78 is 5.14. The van der Waals surface area contributed by atoms with Crippen LogP contribution in [0.25, 0.3) is 11.0 Å². The van der Waals surface area contributed by atoms with Crippen LogP contribution in [0.1, 0.15) is 5.56 Å². The van der Waals surface area contributed by atoms with E-state index in [-0.39, 0.29) is 5.63 Å². The standard InChI is InChI=1S/C17H14N2O2S/c18-17(22)19(11-12-4-2-1-3-5-12)14-7-8-15-13(10-14)6-9-16(20)21-15/h1-10H,11H2,(H2,18,22). The number of nitrogens with two attached hydrogens (primary N) is 1. The van der Waals surface area contributed by atoms with Crippen molar-refractivity contribution in [2.75, 3.05) is 4.90 Å². The molecule has 0 spiro atoms. The summed E-state index contributed by atoms with van der Waals surface area (Å²) >= 11 is 5.17. The fraction of sp³-hybridized carbons (Fsp3) is 0.0588. The van der Waals surface area contributed by atoms with Gasteiger partial charge in [0, 0.05) is 17.1 Å². The summed E-state index contributed by atoms with van der Waals surface area (Å²) in [4.78, 5) is 13.1. The molecule has 1 heterocycles. The van der Waals surface area contributed by atoms with E-state index in [2.05, 4.69) is 0 Å². The third kappa shape index (κ3) is 2.99. The first-order valence-corrected chi connectivity index (χ1v) is 7.19. The number of anilines is 1. The van der Waals surface area contributed by atoms with Gasteiger partial charge in [0.25, 0.3) is 0 Å². The third-order valence-electron chi connectivity index (χ3n) is 3.36.